The predicted molar refractivity (Wildman–Crippen MR) is 137 cm³/mol. The molecule has 5 rings (SSSR count). The van der Waals surface area contributed by atoms with E-state index in [-0.39, 0.29) is 0 Å². The second kappa shape index (κ2) is 8.63. The van der Waals surface area contributed by atoms with E-state index >= 15 is 0 Å². The molecule has 0 fully saturated rings. The molecular weight excluding hydrogens is 404 g/mol. The molecule has 0 unspecified atom stereocenters. The monoisotopic (exact) mass is 432 g/mol. The first-order valence-electron chi connectivity index (χ1n) is 11.5. The number of phenols is 2. The van der Waals surface area contributed by atoms with Crippen molar-refractivity contribution in [2.45, 2.75) is 33.1 Å². The fourth-order valence-electron chi connectivity index (χ4n) is 4.68. The number of aromatic hydroxyl groups is 2. The molecule has 0 heterocycles. The van der Waals surface area contributed by atoms with Gasteiger partial charge in [-0.2, -0.15) is 0 Å². The summed E-state index contributed by atoms with van der Waals surface area (Å²) in [6.45, 7) is 3.99. The summed E-state index contributed by atoms with van der Waals surface area (Å²) < 4.78 is 0. The van der Waals surface area contributed by atoms with Gasteiger partial charge in [-0.05, 0) is 82.5 Å². The van der Waals surface area contributed by atoms with Crippen LogP contribution in [0, 0.1) is 6.92 Å². The van der Waals surface area contributed by atoms with Gasteiger partial charge < -0.3 is 10.2 Å². The zero-order valence-corrected chi connectivity index (χ0v) is 19.1. The van der Waals surface area contributed by atoms with Gasteiger partial charge in [-0.1, -0.05) is 79.7 Å². The average molecular weight is 433 g/mol. The number of hydrogen-bond donors (Lipinski definition) is 2. The normalized spacial score (nSPS) is 11.3. The van der Waals surface area contributed by atoms with E-state index in [1.54, 1.807) is 0 Å². The highest BCUT2D eigenvalue weighted by atomic mass is 16.3. The van der Waals surface area contributed by atoms with Crippen LogP contribution in [-0.2, 0) is 19.3 Å². The van der Waals surface area contributed by atoms with Crippen LogP contribution >= 0.6 is 0 Å². The Morgan fingerprint density at radius 1 is 0.576 bits per heavy atom. The fraction of sp³-hybridized carbons (Fsp3) is 0.161. The van der Waals surface area contributed by atoms with Crippen LogP contribution in [0.25, 0.3) is 21.5 Å². The Morgan fingerprint density at radius 3 is 1.70 bits per heavy atom. The van der Waals surface area contributed by atoms with Crippen molar-refractivity contribution in [2.75, 3.05) is 0 Å². The average Bonchev–Trinajstić information content (AvgIpc) is 2.83. The maximum absolute atomic E-state index is 10.6. The van der Waals surface area contributed by atoms with Crippen LogP contribution in [0.3, 0.4) is 0 Å². The van der Waals surface area contributed by atoms with Crippen LogP contribution in [0.1, 0.15) is 40.3 Å². The van der Waals surface area contributed by atoms with Gasteiger partial charge in [0.15, 0.2) is 0 Å². The highest BCUT2D eigenvalue weighted by molar-refractivity contribution is 5.90. The Bertz CT molecular complexity index is 1480. The molecule has 33 heavy (non-hydrogen) atoms. The molecule has 0 radical (unpaired) electrons. The summed E-state index contributed by atoms with van der Waals surface area (Å²) in [7, 11) is 0. The van der Waals surface area contributed by atoms with E-state index in [0.717, 1.165) is 51.9 Å². The lowest BCUT2D eigenvalue weighted by Gasteiger charge is -2.10. The maximum atomic E-state index is 10.6. The van der Waals surface area contributed by atoms with Crippen molar-refractivity contribution < 1.29 is 10.2 Å². The first-order valence-corrected chi connectivity index (χ1v) is 11.5. The third kappa shape index (κ3) is 4.17. The van der Waals surface area contributed by atoms with Crippen LogP contribution in [0.2, 0.25) is 0 Å². The molecule has 0 atom stereocenters. The van der Waals surface area contributed by atoms with Gasteiger partial charge in [0.05, 0.1) is 0 Å². The summed E-state index contributed by atoms with van der Waals surface area (Å²) in [5.74, 6) is 0.772. The smallest absolute Gasteiger partial charge is 0.126 e. The minimum Gasteiger partial charge on any atom is -0.507 e. The standard InChI is InChI=1S/C31H28O2/c1-3-25-13-14-27-12-9-24(19-29(27)31(25)33)17-22-6-4-5-21(15-22)16-23-8-11-26-10-7-20(2)30(32)28(26)18-23/h4-15,18-19,32-33H,3,16-17H2,1-2H3. The lowest BCUT2D eigenvalue weighted by molar-refractivity contribution is 0.475. The third-order valence-corrected chi connectivity index (χ3v) is 6.59. The largest absolute Gasteiger partial charge is 0.507 e. The quantitative estimate of drug-likeness (QED) is 0.303. The highest BCUT2D eigenvalue weighted by Gasteiger charge is 2.08. The minimum absolute atomic E-state index is 0.369. The van der Waals surface area contributed by atoms with Gasteiger partial charge in [0.2, 0.25) is 0 Å². The molecule has 0 saturated heterocycles. The molecule has 0 aliphatic heterocycles. The molecule has 0 aliphatic carbocycles. The van der Waals surface area contributed by atoms with Gasteiger partial charge in [-0.3, -0.25) is 0 Å². The summed E-state index contributed by atoms with van der Waals surface area (Å²) in [5, 5.41) is 25.1. The molecule has 0 aromatic heterocycles. The van der Waals surface area contributed by atoms with E-state index in [1.165, 1.54) is 22.3 Å². The van der Waals surface area contributed by atoms with E-state index in [0.29, 0.717) is 11.5 Å². The second-order valence-corrected chi connectivity index (χ2v) is 8.94. The molecule has 5 aromatic rings. The SMILES string of the molecule is CCc1ccc2ccc(Cc3cccc(Cc4ccc5ccc(C)c(O)c5c4)c3)cc2c1O. The molecule has 2 nitrogen and oxygen atoms in total. The summed E-state index contributed by atoms with van der Waals surface area (Å²) in [4.78, 5) is 0. The van der Waals surface area contributed by atoms with Crippen molar-refractivity contribution in [1.82, 2.24) is 0 Å². The van der Waals surface area contributed by atoms with Gasteiger partial charge in [0.1, 0.15) is 11.5 Å². The molecule has 0 saturated carbocycles. The molecule has 164 valence electrons. The molecule has 5 aromatic carbocycles. The predicted octanol–water partition coefficient (Wildman–Crippen LogP) is 7.46. The van der Waals surface area contributed by atoms with Gasteiger partial charge in [0.25, 0.3) is 0 Å². The molecule has 2 N–H and O–H groups in total. The Hall–Kier alpha value is -3.78. The second-order valence-electron chi connectivity index (χ2n) is 8.94. The van der Waals surface area contributed by atoms with Crippen LogP contribution in [0.15, 0.2) is 84.9 Å². The Kier molecular flexibility index (Phi) is 5.51. The van der Waals surface area contributed by atoms with Crippen LogP contribution < -0.4 is 0 Å². The number of phenolic OH excluding ortho intramolecular Hbond substituents is 2. The maximum Gasteiger partial charge on any atom is 0.126 e. The van der Waals surface area contributed by atoms with Crippen molar-refractivity contribution in [3.8, 4) is 11.5 Å². The summed E-state index contributed by atoms with van der Waals surface area (Å²) in [6, 6.07) is 29.5. The minimum atomic E-state index is 0.369. The summed E-state index contributed by atoms with van der Waals surface area (Å²) >= 11 is 0. The van der Waals surface area contributed by atoms with Crippen molar-refractivity contribution in [2.24, 2.45) is 0 Å². The molecule has 0 aliphatic rings. The van der Waals surface area contributed by atoms with Crippen molar-refractivity contribution >= 4 is 21.5 Å². The number of aryl methyl sites for hydroxylation is 2. The Labute approximate surface area is 194 Å². The van der Waals surface area contributed by atoms with Gasteiger partial charge in [-0.25, -0.2) is 0 Å². The number of hydrogen-bond acceptors (Lipinski definition) is 2. The van der Waals surface area contributed by atoms with Gasteiger partial charge >= 0.3 is 0 Å². The summed E-state index contributed by atoms with van der Waals surface area (Å²) in [6.07, 6.45) is 2.45. The number of benzene rings is 5. The molecule has 2 heteroatoms. The lowest BCUT2D eigenvalue weighted by atomic mass is 9.96. The number of fused-ring (bicyclic) bond motifs is 2. The van der Waals surface area contributed by atoms with E-state index in [9.17, 15) is 10.2 Å². The topological polar surface area (TPSA) is 40.5 Å². The van der Waals surface area contributed by atoms with Crippen molar-refractivity contribution in [1.29, 1.82) is 0 Å². The number of rotatable bonds is 5. The molecular formula is C31H28O2. The zero-order chi connectivity index (χ0) is 22.9. The van der Waals surface area contributed by atoms with Crippen molar-refractivity contribution in [3.05, 3.63) is 118 Å². The molecule has 0 bridgehead atoms. The lowest BCUT2D eigenvalue weighted by Crippen LogP contribution is -1.93. The highest BCUT2D eigenvalue weighted by Crippen LogP contribution is 2.31. The van der Waals surface area contributed by atoms with Crippen LogP contribution in [0.5, 0.6) is 11.5 Å². The summed E-state index contributed by atoms with van der Waals surface area (Å²) in [5.41, 5.74) is 6.75. The van der Waals surface area contributed by atoms with E-state index in [1.807, 2.05) is 19.1 Å². The first kappa shape index (κ1) is 21.1. The van der Waals surface area contributed by atoms with Crippen molar-refractivity contribution in [3.63, 3.8) is 0 Å². The fourth-order valence-corrected chi connectivity index (χ4v) is 4.68. The van der Waals surface area contributed by atoms with Crippen LogP contribution in [-0.4, -0.2) is 10.2 Å². The third-order valence-electron chi connectivity index (χ3n) is 6.59. The molecule has 0 amide bonds. The zero-order valence-electron chi connectivity index (χ0n) is 19.1. The van der Waals surface area contributed by atoms with E-state index < -0.39 is 0 Å². The Morgan fingerprint density at radius 2 is 1.09 bits per heavy atom. The Balaban J connectivity index is 1.41. The van der Waals surface area contributed by atoms with Gasteiger partial charge in [0, 0.05) is 10.8 Å². The van der Waals surface area contributed by atoms with Gasteiger partial charge in [-0.15, -0.1) is 0 Å². The van der Waals surface area contributed by atoms with E-state index in [4.69, 9.17) is 0 Å². The van der Waals surface area contributed by atoms with Crippen LogP contribution in [0.4, 0.5) is 0 Å². The first-order chi connectivity index (χ1) is 16.0. The molecule has 0 spiro atoms. The van der Waals surface area contributed by atoms with E-state index in [2.05, 4.69) is 79.7 Å².